The first kappa shape index (κ1) is 18.3. The minimum atomic E-state index is 0.257. The zero-order chi connectivity index (χ0) is 18.2. The van der Waals surface area contributed by atoms with Crippen LogP contribution >= 0.6 is 0 Å². The zero-order valence-corrected chi connectivity index (χ0v) is 15.4. The highest BCUT2D eigenvalue weighted by Crippen LogP contribution is 2.22. The molecule has 1 amide bonds. The molecule has 2 aromatic rings. The predicted octanol–water partition coefficient (Wildman–Crippen LogP) is 2.72. The number of amides is 1. The van der Waals surface area contributed by atoms with Crippen molar-refractivity contribution in [2.24, 2.45) is 5.92 Å². The fourth-order valence-electron chi connectivity index (χ4n) is 3.46. The first-order valence-corrected chi connectivity index (χ1v) is 9.40. The molecule has 1 atom stereocenters. The smallest absolute Gasteiger partial charge is 0.222 e. The number of nitrogens with one attached hydrogen (secondary N) is 1. The highest BCUT2D eigenvalue weighted by Gasteiger charge is 2.21. The molecule has 1 unspecified atom stereocenters. The van der Waals surface area contributed by atoms with Crippen molar-refractivity contribution in [1.82, 2.24) is 19.9 Å². The summed E-state index contributed by atoms with van der Waals surface area (Å²) in [6.45, 7) is 1.71. The molecule has 0 bridgehead atoms. The van der Waals surface area contributed by atoms with Crippen LogP contribution in [-0.4, -0.2) is 45.9 Å². The van der Waals surface area contributed by atoms with Gasteiger partial charge in [0.25, 0.3) is 0 Å². The maximum atomic E-state index is 12.5. The molecule has 1 fully saturated rings. The molecule has 1 saturated heterocycles. The fraction of sp³-hybridized carbons (Fsp3) is 0.500. The lowest BCUT2D eigenvalue weighted by atomic mass is 9.95. The highest BCUT2D eigenvalue weighted by molar-refractivity contribution is 5.76. The number of carbonyl (C=O) groups is 1. The predicted molar refractivity (Wildman–Crippen MR) is 102 cm³/mol. The van der Waals surface area contributed by atoms with Gasteiger partial charge in [0.2, 0.25) is 5.91 Å². The Morgan fingerprint density at radius 3 is 2.88 bits per heavy atom. The number of hydrogen-bond donors (Lipinski definition) is 1. The molecular formula is C20H27N5O. The summed E-state index contributed by atoms with van der Waals surface area (Å²) < 4.78 is 0. The van der Waals surface area contributed by atoms with Gasteiger partial charge >= 0.3 is 0 Å². The van der Waals surface area contributed by atoms with Crippen LogP contribution in [0.25, 0.3) is 0 Å². The Kier molecular flexibility index (Phi) is 6.52. The molecule has 2 aromatic heterocycles. The van der Waals surface area contributed by atoms with E-state index in [2.05, 4.69) is 20.3 Å². The minimum absolute atomic E-state index is 0.257. The van der Waals surface area contributed by atoms with Crippen molar-refractivity contribution in [2.75, 3.05) is 25.5 Å². The summed E-state index contributed by atoms with van der Waals surface area (Å²) in [5.74, 6) is 1.62. The van der Waals surface area contributed by atoms with Gasteiger partial charge in [0, 0.05) is 39.0 Å². The summed E-state index contributed by atoms with van der Waals surface area (Å²) in [5, 5.41) is 2.99. The largest absolute Gasteiger partial charge is 0.372 e. The number of aryl methyl sites for hydroxylation is 1. The van der Waals surface area contributed by atoms with Gasteiger partial charge in [0.1, 0.15) is 5.82 Å². The summed E-state index contributed by atoms with van der Waals surface area (Å²) in [4.78, 5) is 27.5. The molecule has 3 heterocycles. The van der Waals surface area contributed by atoms with E-state index in [9.17, 15) is 4.79 Å². The molecule has 0 radical (unpaired) electrons. The van der Waals surface area contributed by atoms with E-state index in [4.69, 9.17) is 0 Å². The molecule has 3 rings (SSSR count). The second-order valence-corrected chi connectivity index (χ2v) is 6.89. The van der Waals surface area contributed by atoms with Crippen LogP contribution in [-0.2, 0) is 17.6 Å². The third-order valence-corrected chi connectivity index (χ3v) is 5.01. The lowest BCUT2D eigenvalue weighted by molar-refractivity contribution is -0.131. The molecule has 0 aliphatic carbocycles. The van der Waals surface area contributed by atoms with E-state index in [1.807, 2.05) is 36.5 Å². The Labute approximate surface area is 155 Å². The van der Waals surface area contributed by atoms with Crippen LogP contribution in [0, 0.1) is 5.92 Å². The molecule has 6 nitrogen and oxygen atoms in total. The Balaban J connectivity index is 1.47. The van der Waals surface area contributed by atoms with E-state index in [1.54, 1.807) is 12.4 Å². The second-order valence-electron chi connectivity index (χ2n) is 6.89. The average molecular weight is 353 g/mol. The molecule has 138 valence electrons. The Bertz CT molecular complexity index is 689. The molecule has 6 heteroatoms. The SMILES string of the molecule is CNc1cnc(CC2CCCN(C(=O)CCc3cccnc3)CC2)cn1. The monoisotopic (exact) mass is 353 g/mol. The van der Waals surface area contributed by atoms with Crippen molar-refractivity contribution < 1.29 is 4.79 Å². The number of anilines is 1. The van der Waals surface area contributed by atoms with Gasteiger partial charge in [-0.25, -0.2) is 4.98 Å². The number of hydrogen-bond acceptors (Lipinski definition) is 5. The normalized spacial score (nSPS) is 17.6. The van der Waals surface area contributed by atoms with Crippen molar-refractivity contribution in [3.63, 3.8) is 0 Å². The van der Waals surface area contributed by atoms with Crippen LogP contribution in [0.15, 0.2) is 36.9 Å². The van der Waals surface area contributed by atoms with Crippen LogP contribution in [0.3, 0.4) is 0 Å². The van der Waals surface area contributed by atoms with Crippen molar-refractivity contribution in [1.29, 1.82) is 0 Å². The Morgan fingerprint density at radius 1 is 1.23 bits per heavy atom. The van der Waals surface area contributed by atoms with E-state index in [0.29, 0.717) is 12.3 Å². The number of likely N-dealkylation sites (tertiary alicyclic amines) is 1. The van der Waals surface area contributed by atoms with Gasteiger partial charge in [-0.3, -0.25) is 14.8 Å². The summed E-state index contributed by atoms with van der Waals surface area (Å²) >= 11 is 0. The fourth-order valence-corrected chi connectivity index (χ4v) is 3.46. The van der Waals surface area contributed by atoms with Gasteiger partial charge in [-0.2, -0.15) is 0 Å². The van der Waals surface area contributed by atoms with Crippen molar-refractivity contribution in [2.45, 2.75) is 38.5 Å². The maximum absolute atomic E-state index is 12.5. The topological polar surface area (TPSA) is 71.0 Å². The minimum Gasteiger partial charge on any atom is -0.372 e. The van der Waals surface area contributed by atoms with Gasteiger partial charge in [-0.1, -0.05) is 6.07 Å². The molecule has 1 N–H and O–H groups in total. The van der Waals surface area contributed by atoms with Crippen LogP contribution in [0.1, 0.15) is 36.9 Å². The highest BCUT2D eigenvalue weighted by atomic mass is 16.2. The van der Waals surface area contributed by atoms with Crippen LogP contribution in [0.4, 0.5) is 5.82 Å². The van der Waals surface area contributed by atoms with Gasteiger partial charge in [0.15, 0.2) is 0 Å². The molecule has 0 spiro atoms. The number of rotatable bonds is 6. The first-order chi connectivity index (χ1) is 12.7. The van der Waals surface area contributed by atoms with E-state index < -0.39 is 0 Å². The number of nitrogens with zero attached hydrogens (tertiary/aromatic N) is 4. The third-order valence-electron chi connectivity index (χ3n) is 5.01. The lowest BCUT2D eigenvalue weighted by Crippen LogP contribution is -2.32. The van der Waals surface area contributed by atoms with Gasteiger partial charge in [-0.05, 0) is 49.7 Å². The summed E-state index contributed by atoms with van der Waals surface area (Å²) in [6.07, 6.45) is 12.7. The molecule has 0 saturated carbocycles. The van der Waals surface area contributed by atoms with Crippen LogP contribution in [0.2, 0.25) is 0 Å². The van der Waals surface area contributed by atoms with Crippen molar-refractivity contribution >= 4 is 11.7 Å². The number of carbonyl (C=O) groups excluding carboxylic acids is 1. The lowest BCUT2D eigenvalue weighted by Gasteiger charge is -2.20. The van der Waals surface area contributed by atoms with Gasteiger partial charge in [-0.15, -0.1) is 0 Å². The number of pyridine rings is 1. The summed E-state index contributed by atoms with van der Waals surface area (Å²) in [7, 11) is 1.84. The maximum Gasteiger partial charge on any atom is 0.222 e. The molecular weight excluding hydrogens is 326 g/mol. The van der Waals surface area contributed by atoms with E-state index >= 15 is 0 Å². The number of aromatic nitrogens is 3. The zero-order valence-electron chi connectivity index (χ0n) is 15.4. The molecule has 0 aromatic carbocycles. The molecule has 1 aliphatic rings. The van der Waals surface area contributed by atoms with Crippen molar-refractivity contribution in [3.8, 4) is 0 Å². The molecule has 1 aliphatic heterocycles. The van der Waals surface area contributed by atoms with E-state index in [-0.39, 0.29) is 5.91 Å². The van der Waals surface area contributed by atoms with E-state index in [1.165, 1.54) is 0 Å². The Morgan fingerprint density at radius 2 is 2.15 bits per heavy atom. The van der Waals surface area contributed by atoms with Gasteiger partial charge in [0.05, 0.1) is 18.1 Å². The quantitative estimate of drug-likeness (QED) is 0.864. The standard InChI is InChI=1S/C20H27N5O/c1-21-19-15-23-18(14-24-19)12-16-5-3-10-25(11-8-16)20(26)7-6-17-4-2-9-22-13-17/h2,4,9,13-16H,3,5-8,10-12H2,1H3,(H,21,24). The molecule has 26 heavy (non-hydrogen) atoms. The first-order valence-electron chi connectivity index (χ1n) is 9.40. The second kappa shape index (κ2) is 9.27. The Hall–Kier alpha value is -2.50. The van der Waals surface area contributed by atoms with Gasteiger partial charge < -0.3 is 10.2 Å². The average Bonchev–Trinajstić information content (AvgIpc) is 2.93. The van der Waals surface area contributed by atoms with Crippen LogP contribution < -0.4 is 5.32 Å². The van der Waals surface area contributed by atoms with Crippen LogP contribution in [0.5, 0.6) is 0 Å². The summed E-state index contributed by atoms with van der Waals surface area (Å²) in [5.41, 5.74) is 2.16. The van der Waals surface area contributed by atoms with E-state index in [0.717, 1.165) is 62.3 Å². The summed E-state index contributed by atoms with van der Waals surface area (Å²) in [6, 6.07) is 3.95. The third kappa shape index (κ3) is 5.25. The van der Waals surface area contributed by atoms with Crippen molar-refractivity contribution in [3.05, 3.63) is 48.2 Å².